The quantitative estimate of drug-likeness (QED) is 0.157. The number of nitro groups is 1. The fourth-order valence-electron chi connectivity index (χ4n) is 1.94. The molecule has 7 nitrogen and oxygen atoms in total. The summed E-state index contributed by atoms with van der Waals surface area (Å²) in [6.07, 6.45) is 2.59. The molecule has 1 aromatic rings. The van der Waals surface area contributed by atoms with Crippen molar-refractivity contribution in [1.82, 2.24) is 10.6 Å². The summed E-state index contributed by atoms with van der Waals surface area (Å²) < 4.78 is 0. The third kappa shape index (κ3) is 6.04. The summed E-state index contributed by atoms with van der Waals surface area (Å²) in [6, 6.07) is 6.63. The first kappa shape index (κ1) is 18.5. The van der Waals surface area contributed by atoms with Crippen molar-refractivity contribution in [3.8, 4) is 0 Å². The molecular formula is C14H22IN5O2. The number of guanidine groups is 1. The van der Waals surface area contributed by atoms with E-state index in [1.807, 2.05) is 0 Å². The van der Waals surface area contributed by atoms with Crippen molar-refractivity contribution in [1.29, 1.82) is 0 Å². The topological polar surface area (TPSA) is 91.6 Å². The van der Waals surface area contributed by atoms with Gasteiger partial charge in [0, 0.05) is 32.7 Å². The van der Waals surface area contributed by atoms with Gasteiger partial charge in [-0.05, 0) is 24.8 Å². The maximum absolute atomic E-state index is 10.9. The Labute approximate surface area is 147 Å². The molecule has 3 N–H and O–H groups in total. The van der Waals surface area contributed by atoms with Gasteiger partial charge in [-0.1, -0.05) is 12.1 Å². The van der Waals surface area contributed by atoms with E-state index in [0.717, 1.165) is 18.4 Å². The highest BCUT2D eigenvalue weighted by atomic mass is 127. The molecule has 8 heteroatoms. The maximum atomic E-state index is 10.9. The fraction of sp³-hybridized carbons (Fsp3) is 0.500. The number of nitrogens with zero attached hydrogens (tertiary/aromatic N) is 2. The van der Waals surface area contributed by atoms with Crippen molar-refractivity contribution in [2.75, 3.05) is 32.0 Å². The SMILES string of the molecule is CN=C(NCCNc1ccccc1[N+](=O)[O-])NCC1CC1.I. The Kier molecular flexibility index (Phi) is 7.92. The second-order valence-corrected chi connectivity index (χ2v) is 5.02. The summed E-state index contributed by atoms with van der Waals surface area (Å²) in [4.78, 5) is 14.6. The Morgan fingerprint density at radius 2 is 2.05 bits per heavy atom. The molecule has 1 aromatic carbocycles. The van der Waals surface area contributed by atoms with Crippen LogP contribution < -0.4 is 16.0 Å². The molecule has 1 saturated carbocycles. The normalized spacial score (nSPS) is 14.0. The first-order valence-corrected chi connectivity index (χ1v) is 7.12. The number of para-hydroxylation sites is 2. The molecule has 0 unspecified atom stereocenters. The van der Waals surface area contributed by atoms with Crippen molar-refractivity contribution in [2.45, 2.75) is 12.8 Å². The summed E-state index contributed by atoms with van der Waals surface area (Å²) in [5.41, 5.74) is 0.624. The molecule has 1 aliphatic carbocycles. The maximum Gasteiger partial charge on any atom is 0.292 e. The van der Waals surface area contributed by atoms with Crippen LogP contribution in [0.2, 0.25) is 0 Å². The second-order valence-electron chi connectivity index (χ2n) is 5.02. The Balaban J connectivity index is 0.00000242. The van der Waals surface area contributed by atoms with Crippen LogP contribution in [0.15, 0.2) is 29.3 Å². The molecule has 0 aliphatic heterocycles. The van der Waals surface area contributed by atoms with E-state index in [0.29, 0.717) is 18.8 Å². The van der Waals surface area contributed by atoms with E-state index in [2.05, 4.69) is 20.9 Å². The molecule has 0 aromatic heterocycles. The zero-order valence-electron chi connectivity index (χ0n) is 12.5. The minimum atomic E-state index is -0.383. The number of aliphatic imine (C=N–C) groups is 1. The summed E-state index contributed by atoms with van der Waals surface area (Å²) in [5, 5.41) is 20.4. The number of anilines is 1. The molecule has 0 heterocycles. The van der Waals surface area contributed by atoms with E-state index in [4.69, 9.17) is 0 Å². The highest BCUT2D eigenvalue weighted by Gasteiger charge is 2.20. The number of benzene rings is 1. The van der Waals surface area contributed by atoms with Crippen LogP contribution in [0.4, 0.5) is 11.4 Å². The lowest BCUT2D eigenvalue weighted by Crippen LogP contribution is -2.40. The van der Waals surface area contributed by atoms with E-state index in [-0.39, 0.29) is 34.6 Å². The van der Waals surface area contributed by atoms with Crippen molar-refractivity contribution in [2.24, 2.45) is 10.9 Å². The van der Waals surface area contributed by atoms with E-state index < -0.39 is 0 Å². The summed E-state index contributed by atoms with van der Waals surface area (Å²) in [6.45, 7) is 2.17. The molecule has 2 rings (SSSR count). The molecule has 0 amide bonds. The van der Waals surface area contributed by atoms with Crippen LogP contribution in [-0.2, 0) is 0 Å². The van der Waals surface area contributed by atoms with Gasteiger partial charge in [0.1, 0.15) is 5.69 Å². The van der Waals surface area contributed by atoms with Gasteiger partial charge >= 0.3 is 0 Å². The number of halogens is 1. The number of nitro benzene ring substituents is 1. The second kappa shape index (κ2) is 9.44. The van der Waals surface area contributed by atoms with Crippen LogP contribution in [0, 0.1) is 16.0 Å². The highest BCUT2D eigenvalue weighted by molar-refractivity contribution is 14.0. The summed E-state index contributed by atoms with van der Waals surface area (Å²) in [7, 11) is 1.73. The third-order valence-electron chi connectivity index (χ3n) is 3.31. The van der Waals surface area contributed by atoms with Crippen molar-refractivity contribution < 1.29 is 4.92 Å². The molecule has 122 valence electrons. The molecule has 0 atom stereocenters. The van der Waals surface area contributed by atoms with Crippen molar-refractivity contribution in [3.05, 3.63) is 34.4 Å². The van der Waals surface area contributed by atoms with Gasteiger partial charge in [-0.2, -0.15) is 0 Å². The minimum absolute atomic E-state index is 0. The lowest BCUT2D eigenvalue weighted by Gasteiger charge is -2.12. The molecular weight excluding hydrogens is 397 g/mol. The largest absolute Gasteiger partial charge is 0.378 e. The minimum Gasteiger partial charge on any atom is -0.378 e. The average molecular weight is 419 g/mol. The molecule has 0 saturated heterocycles. The number of hydrogen-bond acceptors (Lipinski definition) is 4. The van der Waals surface area contributed by atoms with Gasteiger partial charge in [0.25, 0.3) is 5.69 Å². The van der Waals surface area contributed by atoms with E-state index >= 15 is 0 Å². The number of hydrogen-bond donors (Lipinski definition) is 3. The average Bonchev–Trinajstić information content (AvgIpc) is 3.31. The first-order chi connectivity index (χ1) is 10.2. The molecule has 0 bridgehead atoms. The van der Waals surface area contributed by atoms with E-state index in [1.54, 1.807) is 25.2 Å². The Bertz CT molecular complexity index is 520. The van der Waals surface area contributed by atoms with Gasteiger partial charge < -0.3 is 16.0 Å². The smallest absolute Gasteiger partial charge is 0.292 e. The van der Waals surface area contributed by atoms with Crippen LogP contribution in [0.1, 0.15) is 12.8 Å². The van der Waals surface area contributed by atoms with Crippen molar-refractivity contribution in [3.63, 3.8) is 0 Å². The van der Waals surface area contributed by atoms with Gasteiger partial charge in [0.05, 0.1) is 4.92 Å². The number of rotatable bonds is 7. The van der Waals surface area contributed by atoms with Crippen LogP contribution >= 0.6 is 24.0 Å². The van der Waals surface area contributed by atoms with Crippen LogP contribution in [-0.4, -0.2) is 37.6 Å². The molecule has 0 radical (unpaired) electrons. The number of nitrogens with one attached hydrogen (secondary N) is 3. The van der Waals surface area contributed by atoms with Gasteiger partial charge in [0.2, 0.25) is 0 Å². The van der Waals surface area contributed by atoms with E-state index in [9.17, 15) is 10.1 Å². The summed E-state index contributed by atoms with van der Waals surface area (Å²) >= 11 is 0. The van der Waals surface area contributed by atoms with E-state index in [1.165, 1.54) is 18.9 Å². The van der Waals surface area contributed by atoms with Crippen molar-refractivity contribution >= 4 is 41.3 Å². The van der Waals surface area contributed by atoms with Gasteiger partial charge in [0.15, 0.2) is 5.96 Å². The molecule has 1 aliphatic rings. The zero-order valence-corrected chi connectivity index (χ0v) is 14.9. The fourth-order valence-corrected chi connectivity index (χ4v) is 1.94. The predicted molar refractivity (Wildman–Crippen MR) is 99.1 cm³/mol. The first-order valence-electron chi connectivity index (χ1n) is 7.12. The summed E-state index contributed by atoms with van der Waals surface area (Å²) in [5.74, 6) is 1.56. The predicted octanol–water partition coefficient (Wildman–Crippen LogP) is 2.20. The third-order valence-corrected chi connectivity index (χ3v) is 3.31. The standard InChI is InChI=1S/C14H21N5O2.HI/c1-15-14(18-10-11-6-7-11)17-9-8-16-12-4-2-3-5-13(12)19(20)21;/h2-5,11,16H,6-10H2,1H3,(H2,15,17,18);1H. The lowest BCUT2D eigenvalue weighted by molar-refractivity contribution is -0.384. The molecule has 1 fully saturated rings. The Morgan fingerprint density at radius 3 is 2.68 bits per heavy atom. The molecule has 22 heavy (non-hydrogen) atoms. The zero-order chi connectivity index (χ0) is 15.1. The molecule has 0 spiro atoms. The van der Waals surface area contributed by atoms with Crippen LogP contribution in [0.25, 0.3) is 0 Å². The van der Waals surface area contributed by atoms with Gasteiger partial charge in [-0.3, -0.25) is 15.1 Å². The Hall–Kier alpha value is -1.58. The van der Waals surface area contributed by atoms with Crippen LogP contribution in [0.5, 0.6) is 0 Å². The van der Waals surface area contributed by atoms with Crippen LogP contribution in [0.3, 0.4) is 0 Å². The van der Waals surface area contributed by atoms with Gasteiger partial charge in [-0.25, -0.2) is 0 Å². The lowest BCUT2D eigenvalue weighted by atomic mass is 10.2. The monoisotopic (exact) mass is 419 g/mol. The highest BCUT2D eigenvalue weighted by Crippen LogP contribution is 2.27. The van der Waals surface area contributed by atoms with Gasteiger partial charge in [-0.15, -0.1) is 24.0 Å². The Morgan fingerprint density at radius 1 is 1.32 bits per heavy atom.